The molecule has 0 fully saturated rings. The maximum atomic E-state index is 6.23. The quantitative estimate of drug-likeness (QED) is 0.828. The van der Waals surface area contributed by atoms with Gasteiger partial charge in [-0.05, 0) is 61.3 Å². The molecule has 2 aromatic rings. The summed E-state index contributed by atoms with van der Waals surface area (Å²) in [5.41, 5.74) is 4.81. The summed E-state index contributed by atoms with van der Waals surface area (Å²) in [5.74, 6) is 0. The van der Waals surface area contributed by atoms with E-state index in [9.17, 15) is 0 Å². The highest BCUT2D eigenvalue weighted by Gasteiger charge is 2.15. The summed E-state index contributed by atoms with van der Waals surface area (Å²) in [6, 6.07) is 12.7. The minimum atomic E-state index is 0.159. The normalized spacial score (nSPS) is 12.5. The zero-order valence-corrected chi connectivity index (χ0v) is 13.6. The molecule has 0 aliphatic heterocycles. The minimum absolute atomic E-state index is 0.159. The van der Waals surface area contributed by atoms with Crippen LogP contribution in [0.15, 0.2) is 40.9 Å². The van der Waals surface area contributed by atoms with Gasteiger partial charge >= 0.3 is 0 Å². The summed E-state index contributed by atoms with van der Waals surface area (Å²) < 4.78 is 1.10. The first kappa shape index (κ1) is 14.6. The van der Waals surface area contributed by atoms with Crippen molar-refractivity contribution in [3.05, 3.63) is 68.1 Å². The van der Waals surface area contributed by atoms with E-state index in [4.69, 9.17) is 11.6 Å². The number of nitrogens with one attached hydrogen (secondary N) is 1. The molecule has 0 aromatic heterocycles. The van der Waals surface area contributed by atoms with Gasteiger partial charge in [-0.15, -0.1) is 0 Å². The average molecular weight is 339 g/mol. The SMILES string of the molecule is CNC(c1ccc(C)c(Cl)c1)c1ccc(Br)cc1C. The van der Waals surface area contributed by atoms with Gasteiger partial charge in [0.05, 0.1) is 6.04 Å². The van der Waals surface area contributed by atoms with Crippen LogP contribution in [0.4, 0.5) is 0 Å². The first-order chi connectivity index (χ1) is 9.02. The summed E-state index contributed by atoms with van der Waals surface area (Å²) in [5, 5.41) is 4.18. The summed E-state index contributed by atoms with van der Waals surface area (Å²) >= 11 is 9.74. The lowest BCUT2D eigenvalue weighted by molar-refractivity contribution is 0.687. The van der Waals surface area contributed by atoms with Crippen molar-refractivity contribution < 1.29 is 0 Å². The second-order valence-electron chi connectivity index (χ2n) is 4.73. The van der Waals surface area contributed by atoms with Crippen LogP contribution in [-0.2, 0) is 0 Å². The summed E-state index contributed by atoms with van der Waals surface area (Å²) in [6.45, 7) is 4.14. The molecule has 0 radical (unpaired) electrons. The zero-order chi connectivity index (χ0) is 14.0. The monoisotopic (exact) mass is 337 g/mol. The average Bonchev–Trinajstić information content (AvgIpc) is 2.37. The molecule has 0 aliphatic carbocycles. The molecule has 19 heavy (non-hydrogen) atoms. The van der Waals surface area contributed by atoms with Crippen LogP contribution in [0.2, 0.25) is 5.02 Å². The molecule has 1 unspecified atom stereocenters. The summed E-state index contributed by atoms with van der Waals surface area (Å²) in [4.78, 5) is 0. The van der Waals surface area contributed by atoms with Crippen LogP contribution >= 0.6 is 27.5 Å². The van der Waals surface area contributed by atoms with E-state index in [1.165, 1.54) is 16.7 Å². The minimum Gasteiger partial charge on any atom is -0.309 e. The van der Waals surface area contributed by atoms with Crippen LogP contribution in [0.5, 0.6) is 0 Å². The van der Waals surface area contributed by atoms with Gasteiger partial charge in [0.2, 0.25) is 0 Å². The highest BCUT2D eigenvalue weighted by atomic mass is 79.9. The lowest BCUT2D eigenvalue weighted by Gasteiger charge is -2.20. The third-order valence-electron chi connectivity index (χ3n) is 3.36. The summed E-state index contributed by atoms with van der Waals surface area (Å²) in [7, 11) is 1.97. The van der Waals surface area contributed by atoms with Crippen molar-refractivity contribution >= 4 is 27.5 Å². The maximum Gasteiger partial charge on any atom is 0.0577 e. The van der Waals surface area contributed by atoms with Gasteiger partial charge < -0.3 is 5.32 Å². The van der Waals surface area contributed by atoms with Gasteiger partial charge in [-0.1, -0.05) is 45.7 Å². The predicted molar refractivity (Wildman–Crippen MR) is 86.0 cm³/mol. The van der Waals surface area contributed by atoms with Crippen LogP contribution in [0.3, 0.4) is 0 Å². The molecule has 0 spiro atoms. The van der Waals surface area contributed by atoms with E-state index >= 15 is 0 Å². The molecule has 2 rings (SSSR count). The number of benzene rings is 2. The van der Waals surface area contributed by atoms with E-state index in [0.717, 1.165) is 15.1 Å². The Hall–Kier alpha value is -0.830. The molecule has 0 saturated carbocycles. The molecule has 0 saturated heterocycles. The van der Waals surface area contributed by atoms with Crippen molar-refractivity contribution in [3.63, 3.8) is 0 Å². The predicted octanol–water partition coefficient (Wildman–Crippen LogP) is 5.03. The van der Waals surface area contributed by atoms with Crippen LogP contribution < -0.4 is 5.32 Å². The topological polar surface area (TPSA) is 12.0 Å². The Labute approximate surface area is 128 Å². The van der Waals surface area contributed by atoms with E-state index in [-0.39, 0.29) is 6.04 Å². The van der Waals surface area contributed by atoms with Gasteiger partial charge in [0.15, 0.2) is 0 Å². The van der Waals surface area contributed by atoms with Gasteiger partial charge in [0, 0.05) is 9.50 Å². The van der Waals surface area contributed by atoms with E-state index < -0.39 is 0 Å². The van der Waals surface area contributed by atoms with Gasteiger partial charge in [-0.25, -0.2) is 0 Å². The van der Waals surface area contributed by atoms with Gasteiger partial charge in [-0.3, -0.25) is 0 Å². The van der Waals surface area contributed by atoms with Gasteiger partial charge in [-0.2, -0.15) is 0 Å². The molecule has 0 aliphatic rings. The van der Waals surface area contributed by atoms with E-state index in [1.54, 1.807) is 0 Å². The van der Waals surface area contributed by atoms with Crippen molar-refractivity contribution in [2.45, 2.75) is 19.9 Å². The third-order valence-corrected chi connectivity index (χ3v) is 4.26. The first-order valence-electron chi connectivity index (χ1n) is 6.22. The lowest BCUT2D eigenvalue weighted by atomic mass is 9.94. The molecule has 1 N–H and O–H groups in total. The van der Waals surface area contributed by atoms with Crippen LogP contribution in [-0.4, -0.2) is 7.05 Å². The van der Waals surface area contributed by atoms with Crippen molar-refractivity contribution in [3.8, 4) is 0 Å². The lowest BCUT2D eigenvalue weighted by Crippen LogP contribution is -2.18. The van der Waals surface area contributed by atoms with Gasteiger partial charge in [0.25, 0.3) is 0 Å². The molecule has 0 bridgehead atoms. The van der Waals surface area contributed by atoms with Crippen LogP contribution in [0.25, 0.3) is 0 Å². The smallest absolute Gasteiger partial charge is 0.0577 e. The van der Waals surface area contributed by atoms with Crippen LogP contribution in [0, 0.1) is 13.8 Å². The Morgan fingerprint density at radius 3 is 2.37 bits per heavy atom. The number of hydrogen-bond donors (Lipinski definition) is 1. The third kappa shape index (κ3) is 3.19. The molecule has 3 heteroatoms. The highest BCUT2D eigenvalue weighted by molar-refractivity contribution is 9.10. The molecular formula is C16H17BrClN. The largest absolute Gasteiger partial charge is 0.309 e. The van der Waals surface area contributed by atoms with E-state index in [1.807, 2.05) is 20.0 Å². The molecule has 1 atom stereocenters. The van der Waals surface area contributed by atoms with Gasteiger partial charge in [0.1, 0.15) is 0 Å². The van der Waals surface area contributed by atoms with E-state index in [2.05, 4.69) is 58.5 Å². The molecule has 1 nitrogen and oxygen atoms in total. The van der Waals surface area contributed by atoms with E-state index in [0.29, 0.717) is 0 Å². The molecule has 100 valence electrons. The van der Waals surface area contributed by atoms with Crippen molar-refractivity contribution in [1.29, 1.82) is 0 Å². The second-order valence-corrected chi connectivity index (χ2v) is 6.05. The highest BCUT2D eigenvalue weighted by Crippen LogP contribution is 2.29. The van der Waals surface area contributed by atoms with Crippen molar-refractivity contribution in [1.82, 2.24) is 5.32 Å². The second kappa shape index (κ2) is 6.08. The molecule has 0 heterocycles. The number of aryl methyl sites for hydroxylation is 2. The first-order valence-corrected chi connectivity index (χ1v) is 7.39. The Morgan fingerprint density at radius 2 is 1.79 bits per heavy atom. The van der Waals surface area contributed by atoms with Crippen LogP contribution in [0.1, 0.15) is 28.3 Å². The Morgan fingerprint density at radius 1 is 1.05 bits per heavy atom. The number of hydrogen-bond acceptors (Lipinski definition) is 1. The number of rotatable bonds is 3. The Bertz CT molecular complexity index is 595. The standard InChI is InChI=1S/C16H17BrClN/c1-10-4-5-12(9-15(10)18)16(19-3)14-7-6-13(17)8-11(14)2/h4-9,16,19H,1-3H3. The fourth-order valence-corrected chi connectivity index (χ4v) is 2.92. The fourth-order valence-electron chi connectivity index (χ4n) is 2.25. The number of halogens is 2. The summed E-state index contributed by atoms with van der Waals surface area (Å²) in [6.07, 6.45) is 0. The molecule has 2 aromatic carbocycles. The molecule has 0 amide bonds. The fraction of sp³-hybridized carbons (Fsp3) is 0.250. The Balaban J connectivity index is 2.46. The zero-order valence-electron chi connectivity index (χ0n) is 11.3. The van der Waals surface area contributed by atoms with Crippen molar-refractivity contribution in [2.24, 2.45) is 0 Å². The van der Waals surface area contributed by atoms with Crippen molar-refractivity contribution in [2.75, 3.05) is 7.05 Å². The Kier molecular flexibility index (Phi) is 4.67. The molecular weight excluding hydrogens is 322 g/mol. The maximum absolute atomic E-state index is 6.23.